The molecular weight excluding hydrogens is 258 g/mol. The molecule has 0 atom stereocenters. The van der Waals surface area contributed by atoms with Crippen LogP contribution in [0.3, 0.4) is 0 Å². The minimum absolute atomic E-state index is 0.427. The van der Waals surface area contributed by atoms with Crippen LogP contribution in [0.2, 0.25) is 0 Å². The molecule has 0 spiro atoms. The molecule has 0 heterocycles. The summed E-state index contributed by atoms with van der Waals surface area (Å²) in [6.07, 6.45) is 2.81. The van der Waals surface area contributed by atoms with Gasteiger partial charge < -0.3 is 10.5 Å². The van der Waals surface area contributed by atoms with E-state index in [0.717, 1.165) is 22.7 Å². The van der Waals surface area contributed by atoms with Crippen molar-refractivity contribution in [1.29, 1.82) is 0 Å². The van der Waals surface area contributed by atoms with Crippen LogP contribution >= 0.6 is 15.9 Å². The van der Waals surface area contributed by atoms with Gasteiger partial charge in [0.05, 0.1) is 0 Å². The average molecular weight is 270 g/mol. The summed E-state index contributed by atoms with van der Waals surface area (Å²) in [6, 6.07) is 5.34. The van der Waals surface area contributed by atoms with E-state index in [0.29, 0.717) is 18.4 Å². The number of nitrogens with two attached hydrogens (primary N) is 1. The van der Waals surface area contributed by atoms with Gasteiger partial charge in [0.15, 0.2) is 0 Å². The molecule has 0 aliphatic carbocycles. The number of hydrogen-bond acceptors (Lipinski definition) is 2. The van der Waals surface area contributed by atoms with Crippen LogP contribution in [0.4, 0.5) is 0 Å². The number of primary amides is 1. The molecule has 0 aromatic heterocycles. The van der Waals surface area contributed by atoms with Crippen molar-refractivity contribution >= 4 is 28.1 Å². The third-order valence-corrected chi connectivity index (χ3v) is 2.59. The highest BCUT2D eigenvalue weighted by Crippen LogP contribution is 2.18. The molecule has 3 nitrogen and oxygen atoms in total. The zero-order chi connectivity index (χ0) is 11.3. The molecule has 2 N–H and O–H groups in total. The maximum Gasteiger partial charge on any atom is 0.248 e. The molecule has 0 aliphatic rings. The summed E-state index contributed by atoms with van der Waals surface area (Å²) in [5.41, 5.74) is 6.66. The highest BCUT2D eigenvalue weighted by atomic mass is 79.9. The van der Waals surface area contributed by atoms with Crippen molar-refractivity contribution in [1.82, 2.24) is 0 Å². The predicted octanol–water partition coefficient (Wildman–Crippen LogP) is 2.07. The SMILES string of the molecule is NC(=O)c1ccc(Br)cc1CCCC=O. The number of rotatable bonds is 5. The summed E-state index contributed by atoms with van der Waals surface area (Å²) in [5, 5.41) is 0. The second-order valence-electron chi connectivity index (χ2n) is 3.22. The van der Waals surface area contributed by atoms with Crippen LogP contribution in [0.25, 0.3) is 0 Å². The molecule has 1 aromatic carbocycles. The van der Waals surface area contributed by atoms with Crippen molar-refractivity contribution in [2.75, 3.05) is 0 Å². The third kappa shape index (κ3) is 3.47. The van der Waals surface area contributed by atoms with Gasteiger partial charge in [-0.05, 0) is 36.6 Å². The number of benzene rings is 1. The van der Waals surface area contributed by atoms with Crippen LogP contribution < -0.4 is 5.73 Å². The number of aryl methyl sites for hydroxylation is 1. The van der Waals surface area contributed by atoms with Gasteiger partial charge in [0, 0.05) is 16.5 Å². The fourth-order valence-electron chi connectivity index (χ4n) is 1.39. The topological polar surface area (TPSA) is 60.2 Å². The normalized spacial score (nSPS) is 9.93. The number of amides is 1. The van der Waals surface area contributed by atoms with Crippen LogP contribution in [0.5, 0.6) is 0 Å². The van der Waals surface area contributed by atoms with E-state index in [9.17, 15) is 9.59 Å². The summed E-state index contributed by atoms with van der Waals surface area (Å²) >= 11 is 3.33. The molecule has 0 fully saturated rings. The van der Waals surface area contributed by atoms with E-state index in [2.05, 4.69) is 15.9 Å². The number of aldehydes is 1. The van der Waals surface area contributed by atoms with Crippen molar-refractivity contribution in [3.8, 4) is 0 Å². The first-order valence-electron chi connectivity index (χ1n) is 4.67. The summed E-state index contributed by atoms with van der Waals surface area (Å²) in [6.45, 7) is 0. The van der Waals surface area contributed by atoms with Gasteiger partial charge in [-0.1, -0.05) is 15.9 Å². The Labute approximate surface area is 96.8 Å². The van der Waals surface area contributed by atoms with Crippen LogP contribution in [-0.4, -0.2) is 12.2 Å². The Morgan fingerprint density at radius 3 is 2.80 bits per heavy atom. The van der Waals surface area contributed by atoms with Gasteiger partial charge in [-0.2, -0.15) is 0 Å². The quantitative estimate of drug-likeness (QED) is 0.657. The van der Waals surface area contributed by atoms with E-state index in [-0.39, 0.29) is 0 Å². The number of unbranched alkanes of at least 4 members (excludes halogenated alkanes) is 1. The smallest absolute Gasteiger partial charge is 0.248 e. The van der Waals surface area contributed by atoms with Crippen molar-refractivity contribution in [3.05, 3.63) is 33.8 Å². The fourth-order valence-corrected chi connectivity index (χ4v) is 1.79. The van der Waals surface area contributed by atoms with E-state index < -0.39 is 5.91 Å². The monoisotopic (exact) mass is 269 g/mol. The summed E-state index contributed by atoms with van der Waals surface area (Å²) in [5.74, 6) is -0.427. The zero-order valence-electron chi connectivity index (χ0n) is 8.20. The van der Waals surface area contributed by atoms with E-state index in [1.54, 1.807) is 12.1 Å². The molecule has 0 unspecified atom stereocenters. The standard InChI is InChI=1S/C11H12BrNO2/c12-9-4-5-10(11(13)15)8(7-9)3-1-2-6-14/h4-7H,1-3H2,(H2,13,15). The molecule has 1 aromatic rings. The lowest BCUT2D eigenvalue weighted by Crippen LogP contribution is -2.13. The van der Waals surface area contributed by atoms with Crippen molar-refractivity contribution in [2.45, 2.75) is 19.3 Å². The predicted molar refractivity (Wildman–Crippen MR) is 61.7 cm³/mol. The molecule has 0 radical (unpaired) electrons. The minimum atomic E-state index is -0.427. The first-order chi connectivity index (χ1) is 7.15. The molecular formula is C11H12BrNO2. The lowest BCUT2D eigenvalue weighted by atomic mass is 10.0. The van der Waals surface area contributed by atoms with Gasteiger partial charge in [-0.15, -0.1) is 0 Å². The second kappa shape index (κ2) is 5.66. The van der Waals surface area contributed by atoms with Crippen molar-refractivity contribution < 1.29 is 9.59 Å². The Morgan fingerprint density at radius 1 is 1.47 bits per heavy atom. The van der Waals surface area contributed by atoms with Gasteiger partial charge in [0.2, 0.25) is 5.91 Å². The molecule has 0 bridgehead atoms. The molecule has 0 saturated heterocycles. The summed E-state index contributed by atoms with van der Waals surface area (Å²) in [4.78, 5) is 21.3. The number of carbonyl (C=O) groups is 2. The maximum atomic E-state index is 11.1. The molecule has 80 valence electrons. The number of hydrogen-bond donors (Lipinski definition) is 1. The highest BCUT2D eigenvalue weighted by Gasteiger charge is 2.07. The van der Waals surface area contributed by atoms with Gasteiger partial charge in [0.1, 0.15) is 6.29 Å². The average Bonchev–Trinajstić information content (AvgIpc) is 2.18. The van der Waals surface area contributed by atoms with Crippen LogP contribution in [0.15, 0.2) is 22.7 Å². The first kappa shape index (κ1) is 11.9. The Kier molecular flexibility index (Phi) is 4.49. The summed E-state index contributed by atoms with van der Waals surface area (Å²) < 4.78 is 0.911. The molecule has 1 rings (SSSR count). The van der Waals surface area contributed by atoms with Gasteiger partial charge in [0.25, 0.3) is 0 Å². The van der Waals surface area contributed by atoms with Gasteiger partial charge in [-0.25, -0.2) is 0 Å². The fraction of sp³-hybridized carbons (Fsp3) is 0.273. The third-order valence-electron chi connectivity index (χ3n) is 2.10. The zero-order valence-corrected chi connectivity index (χ0v) is 9.79. The Balaban J connectivity index is 2.86. The molecule has 0 aliphatic heterocycles. The van der Waals surface area contributed by atoms with E-state index in [1.807, 2.05) is 6.07 Å². The van der Waals surface area contributed by atoms with Gasteiger partial charge >= 0.3 is 0 Å². The summed E-state index contributed by atoms with van der Waals surface area (Å²) in [7, 11) is 0. The number of halogens is 1. The number of carbonyl (C=O) groups excluding carboxylic acids is 2. The van der Waals surface area contributed by atoms with E-state index in [1.165, 1.54) is 0 Å². The Hall–Kier alpha value is -1.16. The largest absolute Gasteiger partial charge is 0.366 e. The van der Waals surface area contributed by atoms with Crippen molar-refractivity contribution in [2.24, 2.45) is 5.73 Å². The Bertz CT molecular complexity index is 377. The lowest BCUT2D eigenvalue weighted by molar-refractivity contribution is -0.107. The second-order valence-corrected chi connectivity index (χ2v) is 4.14. The molecule has 4 heteroatoms. The minimum Gasteiger partial charge on any atom is -0.366 e. The lowest BCUT2D eigenvalue weighted by Gasteiger charge is -2.06. The Morgan fingerprint density at radius 2 is 2.20 bits per heavy atom. The molecule has 1 amide bonds. The van der Waals surface area contributed by atoms with Crippen LogP contribution in [0.1, 0.15) is 28.8 Å². The molecule has 15 heavy (non-hydrogen) atoms. The van der Waals surface area contributed by atoms with Gasteiger partial charge in [-0.3, -0.25) is 4.79 Å². The van der Waals surface area contributed by atoms with Crippen molar-refractivity contribution in [3.63, 3.8) is 0 Å². The van der Waals surface area contributed by atoms with E-state index >= 15 is 0 Å². The molecule has 0 saturated carbocycles. The van der Waals surface area contributed by atoms with E-state index in [4.69, 9.17) is 5.73 Å². The maximum absolute atomic E-state index is 11.1. The van der Waals surface area contributed by atoms with Crippen LogP contribution in [0, 0.1) is 0 Å². The first-order valence-corrected chi connectivity index (χ1v) is 5.46. The van der Waals surface area contributed by atoms with Crippen LogP contribution in [-0.2, 0) is 11.2 Å². The highest BCUT2D eigenvalue weighted by molar-refractivity contribution is 9.10.